The van der Waals surface area contributed by atoms with Crippen molar-refractivity contribution in [2.24, 2.45) is 5.92 Å². The van der Waals surface area contributed by atoms with Gasteiger partial charge in [0.15, 0.2) is 0 Å². The van der Waals surface area contributed by atoms with E-state index in [0.29, 0.717) is 5.92 Å². The van der Waals surface area contributed by atoms with Gasteiger partial charge in [-0.25, -0.2) is 15.0 Å². The average molecular weight is 420 g/mol. The minimum absolute atomic E-state index is 0.624. The Morgan fingerprint density at radius 2 is 2.00 bits per heavy atom. The summed E-state index contributed by atoms with van der Waals surface area (Å²) in [7, 11) is 0. The van der Waals surface area contributed by atoms with Gasteiger partial charge in [0.2, 0.25) is 0 Å². The van der Waals surface area contributed by atoms with Gasteiger partial charge in [0.1, 0.15) is 16.2 Å². The molecule has 0 saturated carbocycles. The van der Waals surface area contributed by atoms with Gasteiger partial charge in [-0.3, -0.25) is 0 Å². The van der Waals surface area contributed by atoms with Gasteiger partial charge < -0.3 is 0 Å². The number of nitrogens with zero attached hydrogens (tertiary/aromatic N) is 3. The first-order chi connectivity index (χ1) is 14.1. The number of benzene rings is 1. The van der Waals surface area contributed by atoms with E-state index < -0.39 is 0 Å². The fourth-order valence-electron chi connectivity index (χ4n) is 4.37. The normalized spacial score (nSPS) is 13.7. The largest absolute Gasteiger partial charge is 0.242 e. The summed E-state index contributed by atoms with van der Waals surface area (Å²) in [6.45, 7) is 6.71. The molecule has 0 amide bonds. The molecule has 148 valence electrons. The van der Waals surface area contributed by atoms with E-state index in [-0.39, 0.29) is 0 Å². The number of rotatable bonds is 5. The van der Waals surface area contributed by atoms with Crippen molar-refractivity contribution >= 4 is 43.5 Å². The monoisotopic (exact) mass is 419 g/mol. The van der Waals surface area contributed by atoms with E-state index in [1.54, 1.807) is 29.4 Å². The van der Waals surface area contributed by atoms with E-state index in [2.05, 4.69) is 50.0 Å². The number of thiophene rings is 1. The van der Waals surface area contributed by atoms with E-state index in [4.69, 9.17) is 9.97 Å². The van der Waals surface area contributed by atoms with Crippen LogP contribution in [0.3, 0.4) is 0 Å². The van der Waals surface area contributed by atoms with Crippen LogP contribution in [0.25, 0.3) is 20.4 Å². The van der Waals surface area contributed by atoms with E-state index in [0.717, 1.165) is 40.4 Å². The minimum atomic E-state index is 0.624. The number of pyridine rings is 1. The van der Waals surface area contributed by atoms with Crippen LogP contribution in [0.15, 0.2) is 35.6 Å². The summed E-state index contributed by atoms with van der Waals surface area (Å²) in [4.78, 5) is 15.6. The standard InChI is InChI=1S/C24H25N3S2/c1-14(2)10-19-17-8-5-9-18(17)20-21-22(29-23(20)27-19)24(26-13-25-21)28-12-16-7-4-6-15(3)11-16/h4,6-7,11,13-14H,5,8-10,12H2,1-3H3. The molecule has 5 heteroatoms. The van der Waals surface area contributed by atoms with Crippen LogP contribution in [0.2, 0.25) is 0 Å². The van der Waals surface area contributed by atoms with E-state index in [1.165, 1.54) is 44.5 Å². The van der Waals surface area contributed by atoms with Crippen LogP contribution in [-0.4, -0.2) is 15.0 Å². The quantitative estimate of drug-likeness (QED) is 0.272. The molecule has 1 aromatic carbocycles. The van der Waals surface area contributed by atoms with E-state index in [9.17, 15) is 0 Å². The molecule has 1 aliphatic rings. The fraction of sp³-hybridized carbons (Fsp3) is 0.375. The van der Waals surface area contributed by atoms with Crippen molar-refractivity contribution in [2.45, 2.75) is 57.2 Å². The Bertz CT molecular complexity index is 1210. The highest BCUT2D eigenvalue weighted by molar-refractivity contribution is 7.98. The van der Waals surface area contributed by atoms with Crippen LogP contribution in [0.1, 0.15) is 48.2 Å². The van der Waals surface area contributed by atoms with Gasteiger partial charge in [-0.15, -0.1) is 23.1 Å². The van der Waals surface area contributed by atoms with Gasteiger partial charge in [0, 0.05) is 16.8 Å². The third-order valence-corrected chi connectivity index (χ3v) is 7.85. The molecule has 0 radical (unpaired) electrons. The lowest BCUT2D eigenvalue weighted by molar-refractivity contribution is 0.632. The van der Waals surface area contributed by atoms with Gasteiger partial charge in [0.05, 0.1) is 10.2 Å². The first-order valence-electron chi connectivity index (χ1n) is 10.4. The smallest absolute Gasteiger partial charge is 0.126 e. The molecule has 0 spiro atoms. The molecule has 5 rings (SSSR count). The molecule has 4 aromatic rings. The second-order valence-corrected chi connectivity index (χ2v) is 10.3. The van der Waals surface area contributed by atoms with Crippen LogP contribution < -0.4 is 0 Å². The number of aryl methyl sites for hydroxylation is 2. The molecule has 0 atom stereocenters. The van der Waals surface area contributed by atoms with Crippen LogP contribution >= 0.6 is 23.1 Å². The predicted molar refractivity (Wildman–Crippen MR) is 124 cm³/mol. The van der Waals surface area contributed by atoms with Gasteiger partial charge >= 0.3 is 0 Å². The van der Waals surface area contributed by atoms with Gasteiger partial charge in [-0.1, -0.05) is 43.7 Å². The van der Waals surface area contributed by atoms with E-state index >= 15 is 0 Å². The Morgan fingerprint density at radius 3 is 2.83 bits per heavy atom. The maximum absolute atomic E-state index is 5.14. The zero-order valence-electron chi connectivity index (χ0n) is 17.2. The van der Waals surface area contributed by atoms with Gasteiger partial charge in [-0.2, -0.15) is 0 Å². The van der Waals surface area contributed by atoms with Crippen molar-refractivity contribution in [3.05, 3.63) is 58.5 Å². The summed E-state index contributed by atoms with van der Waals surface area (Å²) in [5.41, 5.74) is 8.06. The van der Waals surface area contributed by atoms with Gasteiger partial charge in [-0.05, 0) is 55.2 Å². The Balaban J connectivity index is 1.60. The summed E-state index contributed by atoms with van der Waals surface area (Å²) in [5, 5.41) is 2.38. The van der Waals surface area contributed by atoms with Crippen molar-refractivity contribution in [1.82, 2.24) is 15.0 Å². The maximum Gasteiger partial charge on any atom is 0.126 e. The number of fused-ring (bicyclic) bond motifs is 5. The number of thioether (sulfide) groups is 1. The summed E-state index contributed by atoms with van der Waals surface area (Å²) < 4.78 is 1.20. The molecular weight excluding hydrogens is 394 g/mol. The van der Waals surface area contributed by atoms with Crippen molar-refractivity contribution in [3.63, 3.8) is 0 Å². The Labute approximate surface area is 180 Å². The molecule has 1 aliphatic carbocycles. The van der Waals surface area contributed by atoms with Gasteiger partial charge in [0.25, 0.3) is 0 Å². The van der Waals surface area contributed by atoms with Crippen molar-refractivity contribution < 1.29 is 0 Å². The lowest BCUT2D eigenvalue weighted by Crippen LogP contribution is -2.03. The summed E-state index contributed by atoms with van der Waals surface area (Å²) in [6.07, 6.45) is 6.35. The van der Waals surface area contributed by atoms with Crippen LogP contribution in [-0.2, 0) is 25.0 Å². The Hall–Kier alpha value is -1.98. The molecule has 3 nitrogen and oxygen atoms in total. The third kappa shape index (κ3) is 3.55. The number of hydrogen-bond donors (Lipinski definition) is 0. The summed E-state index contributed by atoms with van der Waals surface area (Å²) in [6, 6.07) is 8.71. The predicted octanol–water partition coefficient (Wildman–Crippen LogP) is 6.53. The highest BCUT2D eigenvalue weighted by Gasteiger charge is 2.24. The summed E-state index contributed by atoms with van der Waals surface area (Å²) >= 11 is 3.58. The molecular formula is C24H25N3S2. The Kier molecular flexibility index (Phi) is 5.04. The van der Waals surface area contributed by atoms with Crippen molar-refractivity contribution in [2.75, 3.05) is 0 Å². The second-order valence-electron chi connectivity index (χ2n) is 8.38. The zero-order valence-corrected chi connectivity index (χ0v) is 18.8. The third-order valence-electron chi connectivity index (χ3n) is 5.58. The second kappa shape index (κ2) is 7.69. The first kappa shape index (κ1) is 19.0. The van der Waals surface area contributed by atoms with Crippen LogP contribution in [0.5, 0.6) is 0 Å². The molecule has 0 aliphatic heterocycles. The lowest BCUT2D eigenvalue weighted by Gasteiger charge is -2.11. The molecule has 3 heterocycles. The van der Waals surface area contributed by atoms with Crippen molar-refractivity contribution in [1.29, 1.82) is 0 Å². The number of aromatic nitrogens is 3. The lowest BCUT2D eigenvalue weighted by atomic mass is 9.99. The SMILES string of the molecule is Cc1cccc(CSc2ncnc3c2sc2nc(CC(C)C)c4c(c23)CCC4)c1. The van der Waals surface area contributed by atoms with E-state index in [1.807, 2.05) is 0 Å². The van der Waals surface area contributed by atoms with Crippen molar-refractivity contribution in [3.8, 4) is 0 Å². The van der Waals surface area contributed by atoms with Crippen LogP contribution in [0.4, 0.5) is 0 Å². The zero-order chi connectivity index (χ0) is 20.0. The minimum Gasteiger partial charge on any atom is -0.242 e. The highest BCUT2D eigenvalue weighted by atomic mass is 32.2. The number of hydrogen-bond acceptors (Lipinski definition) is 5. The highest BCUT2D eigenvalue weighted by Crippen LogP contribution is 2.42. The van der Waals surface area contributed by atoms with Crippen LogP contribution in [0, 0.1) is 12.8 Å². The maximum atomic E-state index is 5.14. The molecule has 29 heavy (non-hydrogen) atoms. The molecule has 0 unspecified atom stereocenters. The first-order valence-corrected chi connectivity index (χ1v) is 12.2. The molecule has 3 aromatic heterocycles. The molecule has 0 N–H and O–H groups in total. The average Bonchev–Trinajstić information content (AvgIpc) is 3.30. The molecule has 0 bridgehead atoms. The molecule has 0 saturated heterocycles. The Morgan fingerprint density at radius 1 is 1.14 bits per heavy atom. The summed E-state index contributed by atoms with van der Waals surface area (Å²) in [5.74, 6) is 1.55. The topological polar surface area (TPSA) is 38.7 Å². The fourth-order valence-corrected chi connectivity index (χ4v) is 6.56. The molecule has 0 fully saturated rings.